The number of nitrogens with zero attached hydrogens (tertiary/aromatic N) is 2. The van der Waals surface area contributed by atoms with Crippen molar-refractivity contribution in [3.8, 4) is 5.88 Å². The van der Waals surface area contributed by atoms with Gasteiger partial charge in [0.2, 0.25) is 5.88 Å². The summed E-state index contributed by atoms with van der Waals surface area (Å²) in [7, 11) is 0. The fourth-order valence-electron chi connectivity index (χ4n) is 2.22. The summed E-state index contributed by atoms with van der Waals surface area (Å²) in [4.78, 5) is 18.2. The summed E-state index contributed by atoms with van der Waals surface area (Å²) >= 11 is 1.88. The predicted molar refractivity (Wildman–Crippen MR) is 83.9 cm³/mol. The van der Waals surface area contributed by atoms with Gasteiger partial charge in [-0.05, 0) is 32.1 Å². The summed E-state index contributed by atoms with van der Waals surface area (Å²) in [6.45, 7) is 4.14. The van der Waals surface area contributed by atoms with E-state index in [-0.39, 0.29) is 24.7 Å². The number of rotatable bonds is 6. The van der Waals surface area contributed by atoms with Gasteiger partial charge in [0.15, 0.2) is 0 Å². The van der Waals surface area contributed by atoms with Crippen LogP contribution in [0, 0.1) is 0 Å². The fourth-order valence-corrected chi connectivity index (χ4v) is 3.31. The number of thioether (sulfide) groups is 1. The zero-order valence-corrected chi connectivity index (χ0v) is 13.3. The van der Waals surface area contributed by atoms with Gasteiger partial charge in [0.25, 0.3) is 5.91 Å². The van der Waals surface area contributed by atoms with Crippen LogP contribution in [0.15, 0.2) is 18.3 Å². The largest absolute Gasteiger partial charge is 0.473 e. The molecule has 1 atom stereocenters. The van der Waals surface area contributed by atoms with E-state index in [4.69, 9.17) is 9.84 Å². The molecule has 0 aromatic carbocycles. The first-order chi connectivity index (χ1) is 10.1. The summed E-state index contributed by atoms with van der Waals surface area (Å²) in [6, 6.07) is 3.52. The molecule has 21 heavy (non-hydrogen) atoms. The lowest BCUT2D eigenvalue weighted by Gasteiger charge is -2.25. The van der Waals surface area contributed by atoms with Gasteiger partial charge >= 0.3 is 0 Å². The lowest BCUT2D eigenvalue weighted by Crippen LogP contribution is -2.39. The quantitative estimate of drug-likeness (QED) is 0.868. The maximum Gasteiger partial charge on any atom is 0.255 e. The van der Waals surface area contributed by atoms with Gasteiger partial charge in [-0.2, -0.15) is 11.8 Å². The summed E-state index contributed by atoms with van der Waals surface area (Å²) < 4.78 is 5.77. The lowest BCUT2D eigenvalue weighted by atomic mass is 10.2. The molecule has 1 aromatic rings. The van der Waals surface area contributed by atoms with Crippen LogP contribution in [-0.2, 0) is 0 Å². The molecule has 0 spiro atoms. The Morgan fingerprint density at radius 1 is 1.57 bits per heavy atom. The highest BCUT2D eigenvalue weighted by Crippen LogP contribution is 2.22. The molecule has 116 valence electrons. The third-order valence-corrected chi connectivity index (χ3v) is 4.52. The monoisotopic (exact) mass is 310 g/mol. The van der Waals surface area contributed by atoms with Crippen LogP contribution in [0.5, 0.6) is 5.88 Å². The van der Waals surface area contributed by atoms with Gasteiger partial charge in [0, 0.05) is 30.6 Å². The second-order valence-electron chi connectivity index (χ2n) is 5.30. The van der Waals surface area contributed by atoms with Crippen molar-refractivity contribution in [3.05, 3.63) is 23.9 Å². The molecule has 1 fully saturated rings. The number of hydrogen-bond donors (Lipinski definition) is 1. The van der Waals surface area contributed by atoms with Crippen LogP contribution in [0.4, 0.5) is 0 Å². The van der Waals surface area contributed by atoms with Crippen LogP contribution < -0.4 is 4.74 Å². The van der Waals surface area contributed by atoms with Crippen molar-refractivity contribution >= 4 is 17.7 Å². The van der Waals surface area contributed by atoms with Crippen molar-refractivity contribution in [2.75, 3.05) is 24.7 Å². The molecule has 0 saturated carbocycles. The number of amides is 1. The molecular formula is C15H22N2O3S. The molecule has 1 amide bonds. The first-order valence-electron chi connectivity index (χ1n) is 7.24. The van der Waals surface area contributed by atoms with E-state index < -0.39 is 0 Å². The normalized spacial score (nSPS) is 18.0. The summed E-state index contributed by atoms with van der Waals surface area (Å²) in [5.41, 5.74) is 0.519. The molecular weight excluding hydrogens is 288 g/mol. The first kappa shape index (κ1) is 16.1. The summed E-state index contributed by atoms with van der Waals surface area (Å²) in [6.07, 6.45) is 2.82. The van der Waals surface area contributed by atoms with Gasteiger partial charge in [0.05, 0.1) is 12.2 Å². The summed E-state index contributed by atoms with van der Waals surface area (Å²) in [5.74, 6) is 2.58. The minimum absolute atomic E-state index is 0.0380. The minimum atomic E-state index is -0.116. The van der Waals surface area contributed by atoms with E-state index in [1.807, 2.05) is 25.6 Å². The zero-order valence-electron chi connectivity index (χ0n) is 12.5. The maximum absolute atomic E-state index is 12.4. The third kappa shape index (κ3) is 4.35. The summed E-state index contributed by atoms with van der Waals surface area (Å²) in [5, 5.41) is 9.05. The average Bonchev–Trinajstić information content (AvgIpc) is 2.97. The molecule has 1 aromatic heterocycles. The maximum atomic E-state index is 12.4. The van der Waals surface area contributed by atoms with Crippen molar-refractivity contribution in [1.29, 1.82) is 0 Å². The topological polar surface area (TPSA) is 62.7 Å². The molecule has 6 heteroatoms. The number of aliphatic hydroxyl groups is 1. The van der Waals surface area contributed by atoms with Crippen molar-refractivity contribution < 1.29 is 14.6 Å². The average molecular weight is 310 g/mol. The van der Waals surface area contributed by atoms with E-state index in [0.29, 0.717) is 18.0 Å². The Hall–Kier alpha value is -1.27. The van der Waals surface area contributed by atoms with E-state index >= 15 is 0 Å². The predicted octanol–water partition coefficient (Wildman–Crippen LogP) is 1.81. The highest BCUT2D eigenvalue weighted by Gasteiger charge is 2.20. The van der Waals surface area contributed by atoms with Crippen LogP contribution in [0.1, 0.15) is 30.6 Å². The molecule has 1 unspecified atom stereocenters. The number of aliphatic hydroxyl groups excluding tert-OH is 1. The number of ether oxygens (including phenoxy) is 1. The second kappa shape index (κ2) is 7.66. The molecule has 0 radical (unpaired) electrons. The molecule has 1 aliphatic rings. The van der Waals surface area contributed by atoms with Crippen LogP contribution in [-0.4, -0.2) is 57.7 Å². The molecule has 1 N–H and O–H groups in total. The standard InChI is InChI=1S/C15H22N2O3S/c1-11(2)17(6-7-18)15(19)12-3-4-14(16-9-12)20-13-5-8-21-10-13/h3-4,9,11,13,18H,5-8,10H2,1-2H3. The number of pyridine rings is 1. The minimum Gasteiger partial charge on any atom is -0.473 e. The van der Waals surface area contributed by atoms with E-state index in [1.165, 1.54) is 0 Å². The molecule has 1 saturated heterocycles. The Labute approximate surface area is 129 Å². The van der Waals surface area contributed by atoms with Crippen molar-refractivity contribution in [2.45, 2.75) is 32.4 Å². The second-order valence-corrected chi connectivity index (χ2v) is 6.45. The Morgan fingerprint density at radius 3 is 2.90 bits per heavy atom. The van der Waals surface area contributed by atoms with Crippen LogP contribution in [0.25, 0.3) is 0 Å². The van der Waals surface area contributed by atoms with E-state index in [0.717, 1.165) is 17.9 Å². The number of carbonyl (C=O) groups is 1. The van der Waals surface area contributed by atoms with E-state index in [1.54, 1.807) is 23.2 Å². The van der Waals surface area contributed by atoms with Crippen LogP contribution >= 0.6 is 11.8 Å². The van der Waals surface area contributed by atoms with E-state index in [9.17, 15) is 4.79 Å². The molecule has 2 heterocycles. The van der Waals surface area contributed by atoms with Crippen LogP contribution in [0.2, 0.25) is 0 Å². The van der Waals surface area contributed by atoms with Gasteiger partial charge < -0.3 is 14.7 Å². The Kier molecular flexibility index (Phi) is 5.87. The molecule has 0 aliphatic carbocycles. The smallest absolute Gasteiger partial charge is 0.255 e. The zero-order chi connectivity index (χ0) is 15.2. The molecule has 5 nitrogen and oxygen atoms in total. The Morgan fingerprint density at radius 2 is 2.38 bits per heavy atom. The Balaban J connectivity index is 2.01. The molecule has 2 rings (SSSR count). The van der Waals surface area contributed by atoms with Gasteiger partial charge in [-0.25, -0.2) is 4.98 Å². The van der Waals surface area contributed by atoms with Gasteiger partial charge in [0.1, 0.15) is 6.10 Å². The molecule has 1 aliphatic heterocycles. The van der Waals surface area contributed by atoms with Crippen molar-refractivity contribution in [3.63, 3.8) is 0 Å². The van der Waals surface area contributed by atoms with E-state index in [2.05, 4.69) is 4.98 Å². The first-order valence-corrected chi connectivity index (χ1v) is 8.39. The van der Waals surface area contributed by atoms with Crippen molar-refractivity contribution in [1.82, 2.24) is 9.88 Å². The van der Waals surface area contributed by atoms with Gasteiger partial charge in [-0.1, -0.05) is 0 Å². The SMILES string of the molecule is CC(C)N(CCO)C(=O)c1ccc(OC2CCSC2)nc1. The number of aromatic nitrogens is 1. The highest BCUT2D eigenvalue weighted by atomic mass is 32.2. The highest BCUT2D eigenvalue weighted by molar-refractivity contribution is 7.99. The fraction of sp³-hybridized carbons (Fsp3) is 0.600. The molecule has 0 bridgehead atoms. The van der Waals surface area contributed by atoms with Gasteiger partial charge in [-0.15, -0.1) is 0 Å². The van der Waals surface area contributed by atoms with Crippen molar-refractivity contribution in [2.24, 2.45) is 0 Å². The van der Waals surface area contributed by atoms with Gasteiger partial charge in [-0.3, -0.25) is 4.79 Å². The number of carbonyl (C=O) groups excluding carboxylic acids is 1. The number of hydrogen-bond acceptors (Lipinski definition) is 5. The Bertz CT molecular complexity index is 458. The third-order valence-electron chi connectivity index (χ3n) is 3.38. The van der Waals surface area contributed by atoms with Crippen LogP contribution in [0.3, 0.4) is 0 Å². The lowest BCUT2D eigenvalue weighted by molar-refractivity contribution is 0.0665.